The van der Waals surface area contributed by atoms with E-state index in [1.807, 2.05) is 0 Å². The second kappa shape index (κ2) is 16.5. The predicted molar refractivity (Wildman–Crippen MR) is 332 cm³/mol. The monoisotopic (exact) mass is 1010 g/mol. The normalized spacial score (nSPS) is 13.5. The average Bonchev–Trinajstić information content (AvgIpc) is 4.41. The lowest BCUT2D eigenvalue weighted by Gasteiger charge is -2.30. The minimum absolute atomic E-state index is 0.464. The van der Waals surface area contributed by atoms with Gasteiger partial charge in [0.2, 0.25) is 0 Å². The van der Waals surface area contributed by atoms with Crippen molar-refractivity contribution < 1.29 is 0 Å². The van der Waals surface area contributed by atoms with Crippen LogP contribution in [0.4, 0.5) is 0 Å². The van der Waals surface area contributed by atoms with E-state index in [2.05, 4.69) is 279 Å². The molecule has 0 nitrogen and oxygen atoms in total. The van der Waals surface area contributed by atoms with Gasteiger partial charge in [0, 0.05) is 20.5 Å². The fourth-order valence-corrected chi connectivity index (χ4v) is 20.0. The average molecular weight is 1010 g/mol. The third-order valence-electron chi connectivity index (χ3n) is 17.3. The van der Waals surface area contributed by atoms with Crippen LogP contribution in [0.3, 0.4) is 0 Å². The Bertz CT molecular complexity index is 4710. The molecular weight excluding hydrogens is 963 g/mol. The Hall–Kier alpha value is -9.02. The molecule has 0 N–H and O–H groups in total. The Morgan fingerprint density at radius 3 is 1.08 bits per heavy atom. The van der Waals surface area contributed by atoms with Gasteiger partial charge in [0.05, 0.1) is 5.41 Å². The van der Waals surface area contributed by atoms with E-state index >= 15 is 0 Å². The van der Waals surface area contributed by atoms with Crippen LogP contribution in [0, 0.1) is 0 Å². The highest BCUT2D eigenvalue weighted by molar-refractivity contribution is 7.68. The Morgan fingerprint density at radius 2 is 0.558 bits per heavy atom. The molecule has 0 saturated heterocycles. The lowest BCUT2D eigenvalue weighted by Crippen LogP contribution is -2.25. The van der Waals surface area contributed by atoms with Crippen molar-refractivity contribution in [2.75, 3.05) is 0 Å². The maximum Gasteiger partial charge on any atom is 0.0725 e. The van der Waals surface area contributed by atoms with Crippen LogP contribution in [-0.2, 0) is 5.41 Å². The van der Waals surface area contributed by atoms with Crippen LogP contribution in [-0.4, -0.2) is 0 Å². The molecule has 77 heavy (non-hydrogen) atoms. The first-order chi connectivity index (χ1) is 38.3. The van der Waals surface area contributed by atoms with E-state index in [4.69, 9.17) is 0 Å². The van der Waals surface area contributed by atoms with Crippen molar-refractivity contribution in [1.29, 1.82) is 0 Å². The van der Waals surface area contributed by atoms with Gasteiger partial charge in [-0.15, -0.1) is 0 Å². The third-order valence-corrected chi connectivity index (χ3v) is 22.6. The van der Waals surface area contributed by atoms with E-state index < -0.39 is 20.5 Å². The summed E-state index contributed by atoms with van der Waals surface area (Å²) in [7, 11) is -1.67. The minimum Gasteiger partial charge on any atom is -0.0766 e. The van der Waals surface area contributed by atoms with Crippen molar-refractivity contribution in [2.45, 2.75) is 5.41 Å². The van der Waals surface area contributed by atoms with E-state index in [1.54, 1.807) is 0 Å². The van der Waals surface area contributed by atoms with Crippen molar-refractivity contribution in [3.63, 3.8) is 0 Å². The summed E-state index contributed by atoms with van der Waals surface area (Å²) in [6.07, 6.45) is 0. The molecule has 13 aromatic carbocycles. The van der Waals surface area contributed by atoms with Crippen molar-refractivity contribution >= 4 is 78.6 Å². The summed E-state index contributed by atoms with van der Waals surface area (Å²) >= 11 is 0. The molecular formula is C75H46P2. The summed E-state index contributed by atoms with van der Waals surface area (Å²) in [4.78, 5) is 0. The molecule has 2 aliphatic rings. The van der Waals surface area contributed by atoms with Crippen LogP contribution < -0.4 is 0 Å². The molecule has 15 aromatic rings. The predicted octanol–water partition coefficient (Wildman–Crippen LogP) is 21.9. The van der Waals surface area contributed by atoms with Crippen LogP contribution in [0.25, 0.3) is 130 Å². The molecule has 0 fully saturated rings. The number of rotatable bonds is 5. The van der Waals surface area contributed by atoms with Crippen molar-refractivity contribution in [3.05, 3.63) is 301 Å². The van der Waals surface area contributed by atoms with Gasteiger partial charge < -0.3 is 0 Å². The fourth-order valence-electron chi connectivity index (χ4n) is 14.4. The number of hydrogen-bond acceptors (Lipinski definition) is 0. The molecule has 0 radical (unpaired) electrons. The Labute approximate surface area is 448 Å². The van der Waals surface area contributed by atoms with Gasteiger partial charge in [-0.05, 0) is 138 Å². The molecule has 0 bridgehead atoms. The standard InChI is InChI=1S/C75H46P2/c1-3-22-47(23-4-1)76-69-44-15-10-28-53(69)59-37-19-35-57(73(59)76)49-31-17-33-55-63(49)46-64-50(58-36-20-38-60-54-29-11-16-45-70(54)77(74(58)60)48-24-5-2-6-25-48)32-18-34-56(64)71(55)62-39-21-43-68-72(62)61-30-9-14-42-67(61)75(68)65-40-12-7-26-51(65)52-27-8-13-41-66(52)75/h1-46H. The van der Waals surface area contributed by atoms with Crippen molar-refractivity contribution in [1.82, 2.24) is 0 Å². The summed E-state index contributed by atoms with van der Waals surface area (Å²) < 4.78 is 0. The zero-order chi connectivity index (χ0) is 50.3. The Kier molecular flexibility index (Phi) is 9.26. The van der Waals surface area contributed by atoms with Crippen LogP contribution in [0.1, 0.15) is 22.3 Å². The van der Waals surface area contributed by atoms with E-state index in [0.717, 1.165) is 0 Å². The molecule has 2 heterocycles. The minimum atomic E-state index is -0.835. The quantitative estimate of drug-likeness (QED) is 0.151. The maximum absolute atomic E-state index is 2.58. The molecule has 1 spiro atoms. The van der Waals surface area contributed by atoms with Crippen LogP contribution in [0.15, 0.2) is 279 Å². The molecule has 2 heteroatoms. The van der Waals surface area contributed by atoms with Gasteiger partial charge in [-0.3, -0.25) is 0 Å². The van der Waals surface area contributed by atoms with Crippen LogP contribution in [0.5, 0.6) is 0 Å². The van der Waals surface area contributed by atoms with Crippen molar-refractivity contribution in [2.24, 2.45) is 0 Å². The number of fused-ring (bicyclic) bond motifs is 18. The summed E-state index contributed by atoms with van der Waals surface area (Å²) in [6, 6.07) is 107. The molecule has 2 unspecified atom stereocenters. The molecule has 356 valence electrons. The Morgan fingerprint density at radius 1 is 0.208 bits per heavy atom. The fraction of sp³-hybridized carbons (Fsp3) is 0.0133. The van der Waals surface area contributed by atoms with Gasteiger partial charge in [0.25, 0.3) is 0 Å². The number of benzene rings is 13. The van der Waals surface area contributed by atoms with Crippen molar-refractivity contribution in [3.8, 4) is 66.2 Å². The SMILES string of the molecule is c1ccc(-p2c3ccccc3c3cccc(-c4cccc5c(-c6cccc7c6-c6ccccc6C76c7ccccc7-c7ccccc76)c6cccc(-c7cccc8c9ccccc9p(-c9ccccc9)c78)c6cc45)c32)cc1. The Balaban J connectivity index is 1.03. The molecule has 17 rings (SSSR count). The van der Waals surface area contributed by atoms with Crippen LogP contribution in [0.2, 0.25) is 0 Å². The zero-order valence-electron chi connectivity index (χ0n) is 42.0. The lowest BCUT2D eigenvalue weighted by atomic mass is 9.70. The first-order valence-electron chi connectivity index (χ1n) is 26.8. The highest BCUT2D eigenvalue weighted by Gasteiger charge is 2.52. The molecule has 2 aliphatic carbocycles. The summed E-state index contributed by atoms with van der Waals surface area (Å²) in [5.74, 6) is 0. The maximum atomic E-state index is 2.58. The zero-order valence-corrected chi connectivity index (χ0v) is 43.7. The second-order valence-electron chi connectivity index (χ2n) is 20.9. The van der Waals surface area contributed by atoms with E-state index in [9.17, 15) is 0 Å². The van der Waals surface area contributed by atoms with Gasteiger partial charge in [-0.25, -0.2) is 0 Å². The molecule has 0 aliphatic heterocycles. The summed E-state index contributed by atoms with van der Waals surface area (Å²) in [5.41, 5.74) is 18.0. The summed E-state index contributed by atoms with van der Waals surface area (Å²) in [5, 5.41) is 19.0. The second-order valence-corrected chi connectivity index (χ2v) is 25.2. The van der Waals surface area contributed by atoms with Crippen LogP contribution >= 0.6 is 15.1 Å². The summed E-state index contributed by atoms with van der Waals surface area (Å²) in [6.45, 7) is 0. The highest BCUT2D eigenvalue weighted by Crippen LogP contribution is 2.65. The molecule has 2 aromatic heterocycles. The largest absolute Gasteiger partial charge is 0.0766 e. The molecule has 0 amide bonds. The first-order valence-corrected chi connectivity index (χ1v) is 29.5. The van der Waals surface area contributed by atoms with Gasteiger partial charge >= 0.3 is 0 Å². The van der Waals surface area contributed by atoms with E-state index in [-0.39, 0.29) is 0 Å². The highest BCUT2D eigenvalue weighted by atomic mass is 31.1. The topological polar surface area (TPSA) is 0 Å². The molecule has 2 atom stereocenters. The van der Waals surface area contributed by atoms with E-state index in [0.29, 0.717) is 0 Å². The van der Waals surface area contributed by atoms with Gasteiger partial charge in [-0.1, -0.05) is 288 Å². The number of hydrogen-bond donors (Lipinski definition) is 0. The van der Waals surface area contributed by atoms with Gasteiger partial charge in [0.15, 0.2) is 0 Å². The lowest BCUT2D eigenvalue weighted by molar-refractivity contribution is 0.794. The first kappa shape index (κ1) is 43.2. The van der Waals surface area contributed by atoms with Gasteiger partial charge in [0.1, 0.15) is 0 Å². The smallest absolute Gasteiger partial charge is 0.0725 e. The van der Waals surface area contributed by atoms with E-state index in [1.165, 1.54) is 152 Å². The molecule has 0 saturated carbocycles. The third kappa shape index (κ3) is 5.84. The van der Waals surface area contributed by atoms with Gasteiger partial charge in [-0.2, -0.15) is 0 Å².